The van der Waals surface area contributed by atoms with Gasteiger partial charge in [0.05, 0.1) is 11.1 Å². The second-order valence-electron chi connectivity index (χ2n) is 6.60. The number of rotatable bonds is 10. The molecule has 0 aliphatic carbocycles. The van der Waals surface area contributed by atoms with Crippen molar-refractivity contribution in [3.05, 3.63) is 68.4 Å². The predicted octanol–water partition coefficient (Wildman–Crippen LogP) is 4.86. The molecule has 2 aromatic carbocycles. The van der Waals surface area contributed by atoms with E-state index in [2.05, 4.69) is 32.0 Å². The summed E-state index contributed by atoms with van der Waals surface area (Å²) in [5.74, 6) is 4.43. The van der Waals surface area contributed by atoms with Crippen molar-refractivity contribution in [1.29, 1.82) is 0 Å². The number of hydrogen-bond donors (Lipinski definition) is 0. The molecule has 0 radical (unpaired) electrons. The van der Waals surface area contributed by atoms with Crippen molar-refractivity contribution in [3.63, 3.8) is 0 Å². The zero-order valence-corrected chi connectivity index (χ0v) is 19.9. The zero-order chi connectivity index (χ0) is 23.1. The highest BCUT2D eigenvalue weighted by Crippen LogP contribution is 2.38. The molecular weight excluding hydrogens is 496 g/mol. The molecule has 3 aromatic rings. The van der Waals surface area contributed by atoms with E-state index in [1.54, 1.807) is 18.2 Å². The largest absolute Gasteiger partial charge is 0.494 e. The van der Waals surface area contributed by atoms with Crippen molar-refractivity contribution in [2.45, 2.75) is 24.3 Å². The maximum atomic E-state index is 11.4. The van der Waals surface area contributed by atoms with Crippen molar-refractivity contribution in [2.24, 2.45) is 0 Å². The number of halogens is 1. The maximum Gasteiger partial charge on any atom is 0.220 e. The van der Waals surface area contributed by atoms with Crippen LogP contribution in [0.5, 0.6) is 11.5 Å². The van der Waals surface area contributed by atoms with Crippen LogP contribution in [-0.2, 0) is 0 Å². The minimum atomic E-state index is -0.493. The molecular formula is C22H21BrN4O4S. The molecule has 0 bridgehead atoms. The highest BCUT2D eigenvalue weighted by molar-refractivity contribution is 9.10. The van der Waals surface area contributed by atoms with Crippen molar-refractivity contribution >= 4 is 27.7 Å². The van der Waals surface area contributed by atoms with E-state index in [9.17, 15) is 10.1 Å². The van der Waals surface area contributed by atoms with Gasteiger partial charge in [-0.1, -0.05) is 23.7 Å². The van der Waals surface area contributed by atoms with Gasteiger partial charge < -0.3 is 9.47 Å². The number of hydrogen-bond acceptors (Lipinski definition) is 7. The molecule has 0 unspecified atom stereocenters. The number of thioether (sulfide) groups is 1. The molecule has 0 amide bonds. The summed E-state index contributed by atoms with van der Waals surface area (Å²) in [6.07, 6.45) is 5.24. The number of benzene rings is 2. The lowest BCUT2D eigenvalue weighted by Gasteiger charge is -2.16. The Hall–Kier alpha value is -3.03. The lowest BCUT2D eigenvalue weighted by atomic mass is 10.1. The number of aryl methyl sites for hydroxylation is 1. The number of terminal acetylenes is 1. The summed E-state index contributed by atoms with van der Waals surface area (Å²) in [5, 5.41) is 19.9. The Balaban J connectivity index is 1.91. The van der Waals surface area contributed by atoms with Crippen LogP contribution in [0, 0.1) is 29.4 Å². The lowest BCUT2D eigenvalue weighted by Crippen LogP contribution is -2.11. The molecule has 1 heterocycles. The van der Waals surface area contributed by atoms with Gasteiger partial charge in [-0.2, -0.15) is 0 Å². The molecule has 0 saturated carbocycles. The molecule has 0 N–H and O–H groups in total. The first-order valence-electron chi connectivity index (χ1n) is 9.72. The SMILES string of the molecule is C#CCOc1ccc([C@@H](C[N+](=O)[O-])Sc2nnc(C)n2-c2ccc(OCC)cc2)cc1Br. The first-order valence-corrected chi connectivity index (χ1v) is 11.4. The average molecular weight is 517 g/mol. The van der Waals surface area contributed by atoms with Crippen LogP contribution in [0.3, 0.4) is 0 Å². The normalized spacial score (nSPS) is 11.6. The van der Waals surface area contributed by atoms with Crippen LogP contribution in [0.25, 0.3) is 5.69 Å². The van der Waals surface area contributed by atoms with E-state index in [4.69, 9.17) is 15.9 Å². The van der Waals surface area contributed by atoms with Crippen molar-refractivity contribution in [3.8, 4) is 29.5 Å². The molecule has 0 saturated heterocycles. The minimum absolute atomic E-state index is 0.134. The highest BCUT2D eigenvalue weighted by Gasteiger charge is 2.24. The quantitative estimate of drug-likeness (QED) is 0.164. The smallest absolute Gasteiger partial charge is 0.220 e. The van der Waals surface area contributed by atoms with E-state index in [-0.39, 0.29) is 18.1 Å². The van der Waals surface area contributed by atoms with Gasteiger partial charge in [0.1, 0.15) is 29.2 Å². The number of nitro groups is 1. The molecule has 0 aliphatic heterocycles. The molecule has 3 rings (SSSR count). The number of aromatic nitrogens is 3. The van der Waals surface area contributed by atoms with Gasteiger partial charge in [0.2, 0.25) is 6.54 Å². The van der Waals surface area contributed by atoms with E-state index < -0.39 is 5.25 Å². The molecule has 0 spiro atoms. The van der Waals surface area contributed by atoms with Crippen LogP contribution < -0.4 is 9.47 Å². The second kappa shape index (κ2) is 11.0. The third-order valence-electron chi connectivity index (χ3n) is 4.40. The number of nitrogens with zero attached hydrogens (tertiary/aromatic N) is 4. The van der Waals surface area contributed by atoms with E-state index in [0.29, 0.717) is 27.8 Å². The summed E-state index contributed by atoms with van der Waals surface area (Å²) in [6.45, 7) is 4.20. The molecule has 8 nitrogen and oxygen atoms in total. The topological polar surface area (TPSA) is 92.3 Å². The third kappa shape index (κ3) is 5.81. The standard InChI is InChI=1S/C22H21BrN4O4S/c1-4-12-31-20-11-6-16(13-19(20)23)21(14-26(28)29)32-22-25-24-15(3)27(22)17-7-9-18(10-8-17)30-5-2/h1,6-11,13,21H,5,12,14H2,2-3H3/t21-/m1/s1. The minimum Gasteiger partial charge on any atom is -0.494 e. The van der Waals surface area contributed by atoms with Gasteiger partial charge in [-0.3, -0.25) is 14.7 Å². The Bertz CT molecular complexity index is 1130. The zero-order valence-electron chi connectivity index (χ0n) is 17.5. The van der Waals surface area contributed by atoms with Crippen LogP contribution in [-0.4, -0.2) is 39.4 Å². The molecule has 10 heteroatoms. The van der Waals surface area contributed by atoms with E-state index in [0.717, 1.165) is 17.0 Å². The monoisotopic (exact) mass is 516 g/mol. The Kier molecular flexibility index (Phi) is 8.14. The van der Waals surface area contributed by atoms with Crippen LogP contribution in [0.15, 0.2) is 52.1 Å². The number of ether oxygens (including phenoxy) is 2. The Labute approximate surface area is 198 Å². The van der Waals surface area contributed by atoms with Gasteiger partial charge in [-0.05, 0) is 71.7 Å². The fourth-order valence-electron chi connectivity index (χ4n) is 3.00. The third-order valence-corrected chi connectivity index (χ3v) is 6.20. The molecule has 1 atom stereocenters. The summed E-state index contributed by atoms with van der Waals surface area (Å²) in [7, 11) is 0. The average Bonchev–Trinajstić information content (AvgIpc) is 3.13. The first kappa shape index (κ1) is 23.6. The van der Waals surface area contributed by atoms with Crippen molar-refractivity contribution in [2.75, 3.05) is 19.8 Å². The van der Waals surface area contributed by atoms with E-state index in [1.807, 2.05) is 42.7 Å². The molecule has 0 aliphatic rings. The van der Waals surface area contributed by atoms with Crippen LogP contribution >= 0.6 is 27.7 Å². The van der Waals surface area contributed by atoms with E-state index >= 15 is 0 Å². The Morgan fingerprint density at radius 2 is 2.00 bits per heavy atom. The fourth-order valence-corrected chi connectivity index (χ4v) is 4.68. The summed E-state index contributed by atoms with van der Waals surface area (Å²) >= 11 is 4.74. The van der Waals surface area contributed by atoms with Gasteiger partial charge in [0, 0.05) is 10.6 Å². The van der Waals surface area contributed by atoms with Gasteiger partial charge >= 0.3 is 0 Å². The van der Waals surface area contributed by atoms with Crippen molar-refractivity contribution < 1.29 is 14.4 Å². The lowest BCUT2D eigenvalue weighted by molar-refractivity contribution is -0.479. The molecule has 166 valence electrons. The molecule has 0 fully saturated rings. The second-order valence-corrected chi connectivity index (χ2v) is 8.62. The summed E-state index contributed by atoms with van der Waals surface area (Å²) < 4.78 is 13.5. The Morgan fingerprint density at radius 3 is 2.62 bits per heavy atom. The van der Waals surface area contributed by atoms with Crippen LogP contribution in [0.4, 0.5) is 0 Å². The van der Waals surface area contributed by atoms with Crippen LogP contribution in [0.2, 0.25) is 0 Å². The Morgan fingerprint density at radius 1 is 1.25 bits per heavy atom. The summed E-state index contributed by atoms with van der Waals surface area (Å²) in [4.78, 5) is 11.1. The van der Waals surface area contributed by atoms with Gasteiger partial charge in [-0.25, -0.2) is 0 Å². The van der Waals surface area contributed by atoms with Gasteiger partial charge in [-0.15, -0.1) is 16.6 Å². The predicted molar refractivity (Wildman–Crippen MR) is 126 cm³/mol. The highest BCUT2D eigenvalue weighted by atomic mass is 79.9. The fraction of sp³-hybridized carbons (Fsp3) is 0.273. The van der Waals surface area contributed by atoms with E-state index in [1.165, 1.54) is 11.8 Å². The maximum absolute atomic E-state index is 11.4. The molecule has 1 aromatic heterocycles. The van der Waals surface area contributed by atoms with Gasteiger partial charge in [0.15, 0.2) is 5.16 Å². The van der Waals surface area contributed by atoms with Gasteiger partial charge in [0.25, 0.3) is 0 Å². The summed E-state index contributed by atoms with van der Waals surface area (Å²) in [5.41, 5.74) is 1.60. The summed E-state index contributed by atoms with van der Waals surface area (Å²) in [6, 6.07) is 12.9. The molecule has 32 heavy (non-hydrogen) atoms. The van der Waals surface area contributed by atoms with Crippen LogP contribution in [0.1, 0.15) is 23.6 Å². The first-order chi connectivity index (χ1) is 15.4. The van der Waals surface area contributed by atoms with Crippen molar-refractivity contribution in [1.82, 2.24) is 14.8 Å².